The van der Waals surface area contributed by atoms with Gasteiger partial charge in [-0.2, -0.15) is 0 Å². The predicted molar refractivity (Wildman–Crippen MR) is 66.6 cm³/mol. The molecule has 1 aliphatic carbocycles. The summed E-state index contributed by atoms with van der Waals surface area (Å²) in [6.45, 7) is 0. The zero-order valence-corrected chi connectivity index (χ0v) is 10.9. The number of benzene rings is 1. The summed E-state index contributed by atoms with van der Waals surface area (Å²) in [5.74, 6) is -0.00332. The lowest BCUT2D eigenvalue weighted by molar-refractivity contribution is -0.242. The number of aldehydes is 1. The van der Waals surface area contributed by atoms with Crippen LogP contribution < -0.4 is 4.74 Å². The van der Waals surface area contributed by atoms with Crippen molar-refractivity contribution >= 4 is 6.29 Å². The van der Waals surface area contributed by atoms with Gasteiger partial charge in [-0.15, -0.1) is 0 Å². The zero-order valence-electron chi connectivity index (χ0n) is 10.9. The van der Waals surface area contributed by atoms with Gasteiger partial charge >= 0.3 is 0 Å². The standard InChI is InChI=1S/C14H18O4/c1-16-12-4-5-13-10(9-12)8-11(6-7-15)14(13,17-2)18-3/h4-5,7,9,11H,6,8H2,1-3H3. The van der Waals surface area contributed by atoms with Crippen molar-refractivity contribution in [2.24, 2.45) is 5.92 Å². The molecule has 0 aliphatic heterocycles. The van der Waals surface area contributed by atoms with E-state index in [9.17, 15) is 4.79 Å². The van der Waals surface area contributed by atoms with Crippen molar-refractivity contribution in [3.05, 3.63) is 29.3 Å². The molecular formula is C14H18O4. The molecule has 1 atom stereocenters. The van der Waals surface area contributed by atoms with Crippen molar-refractivity contribution in [1.82, 2.24) is 0 Å². The van der Waals surface area contributed by atoms with Gasteiger partial charge in [0.15, 0.2) is 5.79 Å². The highest BCUT2D eigenvalue weighted by atomic mass is 16.7. The van der Waals surface area contributed by atoms with Gasteiger partial charge in [-0.3, -0.25) is 0 Å². The summed E-state index contributed by atoms with van der Waals surface area (Å²) in [4.78, 5) is 10.8. The third kappa shape index (κ3) is 1.82. The number of carbonyl (C=O) groups is 1. The maximum atomic E-state index is 10.8. The van der Waals surface area contributed by atoms with Crippen LogP contribution in [0.25, 0.3) is 0 Å². The highest BCUT2D eigenvalue weighted by Crippen LogP contribution is 2.46. The van der Waals surface area contributed by atoms with Gasteiger partial charge in [0, 0.05) is 32.1 Å². The first-order valence-corrected chi connectivity index (χ1v) is 5.93. The lowest BCUT2D eigenvalue weighted by Crippen LogP contribution is -2.36. The topological polar surface area (TPSA) is 44.8 Å². The van der Waals surface area contributed by atoms with E-state index in [4.69, 9.17) is 14.2 Å². The summed E-state index contributed by atoms with van der Waals surface area (Å²) in [5, 5.41) is 0. The largest absolute Gasteiger partial charge is 0.497 e. The second-order valence-corrected chi connectivity index (χ2v) is 4.40. The van der Waals surface area contributed by atoms with Crippen LogP contribution >= 0.6 is 0 Å². The van der Waals surface area contributed by atoms with Crippen LogP contribution in [-0.2, 0) is 26.5 Å². The number of rotatable bonds is 5. The molecule has 1 unspecified atom stereocenters. The Morgan fingerprint density at radius 1 is 1.33 bits per heavy atom. The SMILES string of the molecule is COc1ccc2c(c1)CC(CC=O)C2(OC)OC. The van der Waals surface area contributed by atoms with Crippen molar-refractivity contribution < 1.29 is 19.0 Å². The molecule has 18 heavy (non-hydrogen) atoms. The fourth-order valence-electron chi connectivity index (χ4n) is 2.82. The summed E-state index contributed by atoms with van der Waals surface area (Å²) in [5.41, 5.74) is 2.10. The summed E-state index contributed by atoms with van der Waals surface area (Å²) in [7, 11) is 4.86. The molecule has 0 fully saturated rings. The van der Waals surface area contributed by atoms with E-state index in [1.165, 1.54) is 0 Å². The van der Waals surface area contributed by atoms with Crippen LogP contribution in [0.3, 0.4) is 0 Å². The Kier molecular flexibility index (Phi) is 3.68. The molecule has 1 aromatic rings. The number of methoxy groups -OCH3 is 3. The molecule has 0 amide bonds. The molecule has 0 saturated heterocycles. The van der Waals surface area contributed by atoms with Gasteiger partial charge < -0.3 is 19.0 Å². The highest BCUT2D eigenvalue weighted by molar-refractivity contribution is 5.52. The summed E-state index contributed by atoms with van der Waals surface area (Å²) in [6, 6.07) is 5.81. The first-order valence-electron chi connectivity index (χ1n) is 5.93. The molecule has 0 bridgehead atoms. The van der Waals surface area contributed by atoms with Gasteiger partial charge in [0.1, 0.15) is 12.0 Å². The highest BCUT2D eigenvalue weighted by Gasteiger charge is 2.47. The predicted octanol–water partition coefficient (Wildman–Crippen LogP) is 1.90. The minimum absolute atomic E-state index is 0.00658. The van der Waals surface area contributed by atoms with Gasteiger partial charge in [0.25, 0.3) is 0 Å². The quantitative estimate of drug-likeness (QED) is 0.591. The van der Waals surface area contributed by atoms with Crippen molar-refractivity contribution in [1.29, 1.82) is 0 Å². The molecule has 4 nitrogen and oxygen atoms in total. The van der Waals surface area contributed by atoms with Gasteiger partial charge in [0.2, 0.25) is 0 Å². The minimum Gasteiger partial charge on any atom is -0.497 e. The van der Waals surface area contributed by atoms with Gasteiger partial charge in [-0.05, 0) is 30.2 Å². The van der Waals surface area contributed by atoms with E-state index in [0.29, 0.717) is 6.42 Å². The third-order valence-electron chi connectivity index (χ3n) is 3.68. The fourth-order valence-corrected chi connectivity index (χ4v) is 2.82. The molecule has 2 rings (SSSR count). The minimum atomic E-state index is -0.817. The molecule has 0 heterocycles. The zero-order chi connectivity index (χ0) is 13.2. The number of carbonyl (C=O) groups excluding carboxylic acids is 1. The van der Waals surface area contributed by atoms with E-state index in [0.717, 1.165) is 29.6 Å². The molecule has 0 radical (unpaired) electrons. The Morgan fingerprint density at radius 3 is 2.61 bits per heavy atom. The van der Waals surface area contributed by atoms with E-state index in [-0.39, 0.29) is 5.92 Å². The Labute approximate surface area is 107 Å². The fraction of sp³-hybridized carbons (Fsp3) is 0.500. The molecule has 0 N–H and O–H groups in total. The van der Waals surface area contributed by atoms with Crippen LogP contribution in [0.4, 0.5) is 0 Å². The number of ether oxygens (including phenoxy) is 3. The van der Waals surface area contributed by atoms with Gasteiger partial charge in [0.05, 0.1) is 7.11 Å². The molecule has 1 aromatic carbocycles. The van der Waals surface area contributed by atoms with E-state index in [1.54, 1.807) is 21.3 Å². The molecule has 0 saturated carbocycles. The molecule has 0 spiro atoms. The van der Waals surface area contributed by atoms with E-state index >= 15 is 0 Å². The number of hydrogen-bond acceptors (Lipinski definition) is 4. The Balaban J connectivity index is 2.47. The summed E-state index contributed by atoms with van der Waals surface area (Å²) < 4.78 is 16.4. The van der Waals surface area contributed by atoms with Gasteiger partial charge in [-0.25, -0.2) is 0 Å². The number of fused-ring (bicyclic) bond motifs is 1. The summed E-state index contributed by atoms with van der Waals surface area (Å²) >= 11 is 0. The Bertz CT molecular complexity index is 437. The third-order valence-corrected chi connectivity index (χ3v) is 3.68. The number of hydrogen-bond donors (Lipinski definition) is 0. The Hall–Kier alpha value is -1.39. The first-order chi connectivity index (χ1) is 8.71. The van der Waals surface area contributed by atoms with E-state index < -0.39 is 5.79 Å². The van der Waals surface area contributed by atoms with Crippen LogP contribution in [0.5, 0.6) is 5.75 Å². The van der Waals surface area contributed by atoms with Crippen molar-refractivity contribution in [2.75, 3.05) is 21.3 Å². The van der Waals surface area contributed by atoms with Crippen molar-refractivity contribution in [3.63, 3.8) is 0 Å². The first kappa shape index (κ1) is 13.1. The lowest BCUT2D eigenvalue weighted by atomic mass is 9.96. The average Bonchev–Trinajstić information content (AvgIpc) is 2.72. The maximum Gasteiger partial charge on any atom is 0.198 e. The average molecular weight is 250 g/mol. The van der Waals surface area contributed by atoms with E-state index in [2.05, 4.69) is 0 Å². The smallest absolute Gasteiger partial charge is 0.198 e. The van der Waals surface area contributed by atoms with Crippen LogP contribution in [0.1, 0.15) is 17.5 Å². The second kappa shape index (κ2) is 5.08. The van der Waals surface area contributed by atoms with Crippen LogP contribution in [-0.4, -0.2) is 27.6 Å². The van der Waals surface area contributed by atoms with Gasteiger partial charge in [-0.1, -0.05) is 0 Å². The van der Waals surface area contributed by atoms with Crippen molar-refractivity contribution in [3.8, 4) is 5.75 Å². The van der Waals surface area contributed by atoms with Crippen LogP contribution in [0, 0.1) is 5.92 Å². The Morgan fingerprint density at radius 2 is 2.06 bits per heavy atom. The van der Waals surface area contributed by atoms with Crippen LogP contribution in [0.2, 0.25) is 0 Å². The normalized spacial score (nSPS) is 20.5. The van der Waals surface area contributed by atoms with Crippen molar-refractivity contribution in [2.45, 2.75) is 18.6 Å². The monoisotopic (exact) mass is 250 g/mol. The lowest BCUT2D eigenvalue weighted by Gasteiger charge is -2.32. The summed E-state index contributed by atoms with van der Waals surface area (Å²) in [6.07, 6.45) is 2.09. The molecule has 0 aromatic heterocycles. The second-order valence-electron chi connectivity index (χ2n) is 4.40. The molecule has 1 aliphatic rings. The molecule has 98 valence electrons. The molecule has 4 heteroatoms. The van der Waals surface area contributed by atoms with Crippen LogP contribution in [0.15, 0.2) is 18.2 Å². The van der Waals surface area contributed by atoms with E-state index in [1.807, 2.05) is 18.2 Å². The maximum absolute atomic E-state index is 10.8. The molecular weight excluding hydrogens is 232 g/mol.